The summed E-state index contributed by atoms with van der Waals surface area (Å²) < 4.78 is 0. The van der Waals surface area contributed by atoms with Crippen LogP contribution in [-0.2, 0) is 6.42 Å². The van der Waals surface area contributed by atoms with E-state index in [1.807, 2.05) is 18.4 Å². The average Bonchev–Trinajstić information content (AvgIpc) is 2.70. The first-order chi connectivity index (χ1) is 7.66. The van der Waals surface area contributed by atoms with Gasteiger partial charge in [-0.3, -0.25) is 0 Å². The molecule has 0 aliphatic rings. The lowest BCUT2D eigenvalue weighted by Crippen LogP contribution is -2.03. The van der Waals surface area contributed by atoms with Crippen LogP contribution in [0.5, 0.6) is 0 Å². The minimum absolute atomic E-state index is 0.504. The van der Waals surface area contributed by atoms with Gasteiger partial charge in [-0.2, -0.15) is 0 Å². The van der Waals surface area contributed by atoms with E-state index in [1.54, 1.807) is 24.5 Å². The fourth-order valence-corrected chi connectivity index (χ4v) is 2.29. The first kappa shape index (κ1) is 11.2. The highest BCUT2D eigenvalue weighted by molar-refractivity contribution is 7.09. The number of aromatic nitrogens is 2. The zero-order chi connectivity index (χ0) is 11.5. The van der Waals surface area contributed by atoms with E-state index in [4.69, 9.17) is 0 Å². The summed E-state index contributed by atoms with van der Waals surface area (Å²) in [5.41, 5.74) is 1.66. The number of hydrogen-bond donors (Lipinski definition) is 1. The molecule has 1 atom stereocenters. The van der Waals surface area contributed by atoms with Crippen LogP contribution in [0, 0.1) is 6.92 Å². The number of aliphatic hydroxyl groups excluding tert-OH is 1. The summed E-state index contributed by atoms with van der Waals surface area (Å²) in [6.07, 6.45) is 1.98. The van der Waals surface area contributed by atoms with Gasteiger partial charge in [-0.1, -0.05) is 6.07 Å². The van der Waals surface area contributed by atoms with Crippen LogP contribution in [0.1, 0.15) is 35.0 Å². The lowest BCUT2D eigenvalue weighted by Gasteiger charge is -2.08. The minimum Gasteiger partial charge on any atom is -0.389 e. The second kappa shape index (κ2) is 4.72. The molecule has 2 aromatic heterocycles. The summed E-state index contributed by atoms with van der Waals surface area (Å²) in [7, 11) is 0. The Balaban J connectivity index is 2.21. The SMILES string of the molecule is Cc1nc(Cc2cccs2)ncc1C(C)O. The van der Waals surface area contributed by atoms with Crippen molar-refractivity contribution in [1.29, 1.82) is 0 Å². The summed E-state index contributed by atoms with van der Waals surface area (Å²) in [6.45, 7) is 3.63. The molecule has 0 aliphatic carbocycles. The van der Waals surface area contributed by atoms with E-state index in [2.05, 4.69) is 16.0 Å². The maximum atomic E-state index is 9.47. The van der Waals surface area contributed by atoms with Gasteiger partial charge in [-0.25, -0.2) is 9.97 Å². The van der Waals surface area contributed by atoms with Crippen molar-refractivity contribution in [3.8, 4) is 0 Å². The van der Waals surface area contributed by atoms with Crippen molar-refractivity contribution in [1.82, 2.24) is 9.97 Å². The molecule has 0 amide bonds. The first-order valence-electron chi connectivity index (χ1n) is 5.19. The van der Waals surface area contributed by atoms with Crippen LogP contribution in [0.15, 0.2) is 23.7 Å². The van der Waals surface area contributed by atoms with Gasteiger partial charge in [0.05, 0.1) is 6.10 Å². The maximum Gasteiger partial charge on any atom is 0.133 e. The van der Waals surface area contributed by atoms with Crippen molar-refractivity contribution in [2.24, 2.45) is 0 Å². The Morgan fingerprint density at radius 3 is 2.88 bits per heavy atom. The fourth-order valence-electron chi connectivity index (χ4n) is 1.59. The molecular weight excluding hydrogens is 220 g/mol. The van der Waals surface area contributed by atoms with E-state index in [0.29, 0.717) is 0 Å². The number of aryl methyl sites for hydroxylation is 1. The summed E-state index contributed by atoms with van der Waals surface area (Å²) in [4.78, 5) is 9.93. The third-order valence-electron chi connectivity index (χ3n) is 2.43. The van der Waals surface area contributed by atoms with Crippen molar-refractivity contribution in [2.75, 3.05) is 0 Å². The van der Waals surface area contributed by atoms with E-state index in [-0.39, 0.29) is 0 Å². The number of rotatable bonds is 3. The number of thiophene rings is 1. The molecule has 1 unspecified atom stereocenters. The normalized spacial score (nSPS) is 12.7. The standard InChI is InChI=1S/C12H14N2OS/c1-8-11(9(2)15)7-13-12(14-8)6-10-4-3-5-16-10/h3-5,7,9,15H,6H2,1-2H3. The van der Waals surface area contributed by atoms with Gasteiger partial charge in [0.25, 0.3) is 0 Å². The van der Waals surface area contributed by atoms with E-state index >= 15 is 0 Å². The minimum atomic E-state index is -0.504. The summed E-state index contributed by atoms with van der Waals surface area (Å²) >= 11 is 1.70. The quantitative estimate of drug-likeness (QED) is 0.887. The highest BCUT2D eigenvalue weighted by Crippen LogP contribution is 2.16. The summed E-state index contributed by atoms with van der Waals surface area (Å²) in [5, 5.41) is 11.5. The maximum absolute atomic E-state index is 9.47. The van der Waals surface area contributed by atoms with Gasteiger partial charge in [-0.15, -0.1) is 11.3 Å². The largest absolute Gasteiger partial charge is 0.389 e. The van der Waals surface area contributed by atoms with Crippen molar-refractivity contribution >= 4 is 11.3 Å². The molecule has 0 aliphatic heterocycles. The zero-order valence-electron chi connectivity index (χ0n) is 9.34. The average molecular weight is 234 g/mol. The van der Waals surface area contributed by atoms with E-state index in [9.17, 15) is 5.11 Å². The third-order valence-corrected chi connectivity index (χ3v) is 3.31. The van der Waals surface area contributed by atoms with Crippen molar-refractivity contribution < 1.29 is 5.11 Å². The van der Waals surface area contributed by atoms with E-state index in [1.165, 1.54) is 4.88 Å². The smallest absolute Gasteiger partial charge is 0.133 e. The van der Waals surface area contributed by atoms with Gasteiger partial charge in [0.1, 0.15) is 5.82 Å². The molecule has 2 heterocycles. The van der Waals surface area contributed by atoms with Crippen LogP contribution >= 0.6 is 11.3 Å². The highest BCUT2D eigenvalue weighted by atomic mass is 32.1. The molecule has 0 saturated carbocycles. The molecule has 0 fully saturated rings. The monoisotopic (exact) mass is 234 g/mol. The van der Waals surface area contributed by atoms with Crippen LogP contribution in [-0.4, -0.2) is 15.1 Å². The molecule has 84 valence electrons. The number of aliphatic hydroxyl groups is 1. The predicted molar refractivity (Wildman–Crippen MR) is 64.5 cm³/mol. The molecule has 0 radical (unpaired) electrons. The number of hydrogen-bond acceptors (Lipinski definition) is 4. The molecule has 4 heteroatoms. The molecule has 3 nitrogen and oxygen atoms in total. The Morgan fingerprint density at radius 1 is 1.50 bits per heavy atom. The highest BCUT2D eigenvalue weighted by Gasteiger charge is 2.08. The van der Waals surface area contributed by atoms with Crippen LogP contribution in [0.2, 0.25) is 0 Å². The molecule has 0 saturated heterocycles. The Kier molecular flexibility index (Phi) is 3.31. The Morgan fingerprint density at radius 2 is 2.31 bits per heavy atom. The van der Waals surface area contributed by atoms with Crippen molar-refractivity contribution in [2.45, 2.75) is 26.4 Å². The van der Waals surface area contributed by atoms with Crippen LogP contribution < -0.4 is 0 Å². The molecule has 16 heavy (non-hydrogen) atoms. The van der Waals surface area contributed by atoms with Crippen LogP contribution in [0.25, 0.3) is 0 Å². The summed E-state index contributed by atoms with van der Waals surface area (Å²) in [6, 6.07) is 4.10. The number of nitrogens with zero attached hydrogens (tertiary/aromatic N) is 2. The topological polar surface area (TPSA) is 46.0 Å². The van der Waals surface area contributed by atoms with Crippen molar-refractivity contribution in [3.63, 3.8) is 0 Å². The van der Waals surface area contributed by atoms with Gasteiger partial charge in [0.15, 0.2) is 0 Å². The lowest BCUT2D eigenvalue weighted by atomic mass is 10.1. The zero-order valence-corrected chi connectivity index (χ0v) is 10.2. The lowest BCUT2D eigenvalue weighted by molar-refractivity contribution is 0.197. The molecular formula is C12H14N2OS. The Labute approximate surface area is 98.8 Å². The van der Waals surface area contributed by atoms with Crippen molar-refractivity contribution in [3.05, 3.63) is 45.7 Å². The van der Waals surface area contributed by atoms with Gasteiger partial charge in [0.2, 0.25) is 0 Å². The molecule has 0 aromatic carbocycles. The second-order valence-corrected chi connectivity index (χ2v) is 4.79. The van der Waals surface area contributed by atoms with Gasteiger partial charge in [-0.05, 0) is 25.3 Å². The fraction of sp³-hybridized carbons (Fsp3) is 0.333. The summed E-state index contributed by atoms with van der Waals surface area (Å²) in [5.74, 6) is 0.810. The molecule has 1 N–H and O–H groups in total. The van der Waals surface area contributed by atoms with Crippen LogP contribution in [0.4, 0.5) is 0 Å². The van der Waals surface area contributed by atoms with Gasteiger partial charge >= 0.3 is 0 Å². The second-order valence-electron chi connectivity index (χ2n) is 3.76. The van der Waals surface area contributed by atoms with Gasteiger partial charge in [0, 0.05) is 28.8 Å². The molecule has 0 spiro atoms. The third kappa shape index (κ3) is 2.46. The Bertz CT molecular complexity index is 466. The molecule has 0 bridgehead atoms. The van der Waals surface area contributed by atoms with E-state index < -0.39 is 6.10 Å². The molecule has 2 aromatic rings. The van der Waals surface area contributed by atoms with Gasteiger partial charge < -0.3 is 5.11 Å². The first-order valence-corrected chi connectivity index (χ1v) is 6.07. The van der Waals surface area contributed by atoms with E-state index in [0.717, 1.165) is 23.5 Å². The Hall–Kier alpha value is -1.26. The predicted octanol–water partition coefficient (Wildman–Crippen LogP) is 2.49. The molecule has 2 rings (SSSR count). The van der Waals surface area contributed by atoms with Crippen LogP contribution in [0.3, 0.4) is 0 Å².